The van der Waals surface area contributed by atoms with Crippen molar-refractivity contribution in [3.8, 4) is 5.75 Å². The van der Waals surface area contributed by atoms with E-state index in [9.17, 15) is 5.11 Å². The maximum Gasteiger partial charge on any atom is 0.223 e. The number of nitrogen functional groups attached to an aromatic ring is 2. The summed E-state index contributed by atoms with van der Waals surface area (Å²) >= 11 is 0. The Morgan fingerprint density at radius 3 is 2.55 bits per heavy atom. The lowest BCUT2D eigenvalue weighted by Gasteiger charge is -2.36. The van der Waals surface area contributed by atoms with Gasteiger partial charge in [0.15, 0.2) is 0 Å². The third-order valence-electron chi connectivity index (χ3n) is 5.10. The molecule has 29 heavy (non-hydrogen) atoms. The van der Waals surface area contributed by atoms with Gasteiger partial charge in [0.05, 0.1) is 0 Å². The molecule has 2 aromatic carbocycles. The number of aliphatic hydroxyl groups is 1. The first-order chi connectivity index (χ1) is 14.1. The van der Waals surface area contributed by atoms with Crippen molar-refractivity contribution in [2.24, 2.45) is 0 Å². The number of benzene rings is 2. The van der Waals surface area contributed by atoms with E-state index in [4.69, 9.17) is 16.2 Å². The fourth-order valence-corrected chi connectivity index (χ4v) is 3.65. The second kappa shape index (κ2) is 8.50. The minimum atomic E-state index is -0.564. The minimum Gasteiger partial charge on any atom is -0.490 e. The van der Waals surface area contributed by atoms with Crippen LogP contribution in [0, 0.1) is 0 Å². The highest BCUT2D eigenvalue weighted by Gasteiger charge is 2.21. The molecule has 1 saturated heterocycles. The number of β-amino-alcohol motifs (C(OH)–C–C–N with tert-alkyl or cyclic N) is 1. The van der Waals surface area contributed by atoms with E-state index in [2.05, 4.69) is 31.9 Å². The normalized spacial score (nSPS) is 16.1. The highest BCUT2D eigenvalue weighted by Crippen LogP contribution is 2.25. The van der Waals surface area contributed by atoms with E-state index in [1.807, 2.05) is 30.3 Å². The van der Waals surface area contributed by atoms with Gasteiger partial charge in [-0.05, 0) is 11.5 Å². The predicted octanol–water partition coefficient (Wildman–Crippen LogP) is 1.36. The van der Waals surface area contributed by atoms with E-state index >= 15 is 0 Å². The number of piperazine rings is 1. The SMILES string of the molecule is Nc1cc(N2CCN(CC(O)COc3cccc4ccccc34)CC2)nc(N)n1. The van der Waals surface area contributed by atoms with Gasteiger partial charge in [-0.15, -0.1) is 0 Å². The number of fused-ring (bicyclic) bond motifs is 1. The molecule has 152 valence electrons. The Labute approximate surface area is 169 Å². The third kappa shape index (κ3) is 4.67. The van der Waals surface area contributed by atoms with Crippen molar-refractivity contribution in [1.82, 2.24) is 14.9 Å². The molecule has 0 bridgehead atoms. The Morgan fingerprint density at radius 1 is 1.00 bits per heavy atom. The molecule has 2 heterocycles. The third-order valence-corrected chi connectivity index (χ3v) is 5.10. The molecule has 8 nitrogen and oxygen atoms in total. The molecule has 5 N–H and O–H groups in total. The molecule has 1 unspecified atom stereocenters. The molecule has 8 heteroatoms. The van der Waals surface area contributed by atoms with Crippen molar-refractivity contribution in [3.63, 3.8) is 0 Å². The maximum atomic E-state index is 10.5. The summed E-state index contributed by atoms with van der Waals surface area (Å²) in [7, 11) is 0. The molecular weight excluding hydrogens is 368 g/mol. The largest absolute Gasteiger partial charge is 0.490 e. The van der Waals surface area contributed by atoms with Crippen LogP contribution in [-0.2, 0) is 0 Å². The van der Waals surface area contributed by atoms with Crippen LogP contribution in [0.1, 0.15) is 0 Å². The van der Waals surface area contributed by atoms with Crippen molar-refractivity contribution in [1.29, 1.82) is 0 Å². The van der Waals surface area contributed by atoms with Gasteiger partial charge in [-0.1, -0.05) is 36.4 Å². The number of nitrogens with zero attached hydrogens (tertiary/aromatic N) is 4. The number of ether oxygens (including phenoxy) is 1. The van der Waals surface area contributed by atoms with E-state index in [1.54, 1.807) is 6.07 Å². The van der Waals surface area contributed by atoms with Crippen molar-refractivity contribution >= 4 is 28.4 Å². The van der Waals surface area contributed by atoms with Crippen LogP contribution in [0.15, 0.2) is 48.5 Å². The number of hydrogen-bond donors (Lipinski definition) is 3. The summed E-state index contributed by atoms with van der Waals surface area (Å²) in [6.07, 6.45) is -0.564. The monoisotopic (exact) mass is 394 g/mol. The molecule has 1 aliphatic rings. The Hall–Kier alpha value is -3.10. The topological polar surface area (TPSA) is 114 Å². The second-order valence-electron chi connectivity index (χ2n) is 7.24. The molecule has 0 amide bonds. The van der Waals surface area contributed by atoms with Crippen molar-refractivity contribution in [2.75, 3.05) is 55.7 Å². The van der Waals surface area contributed by atoms with E-state index < -0.39 is 6.10 Å². The standard InChI is InChI=1S/C21H26N6O2/c22-19-12-20(25-21(23)24-19)27-10-8-26(9-11-27)13-16(28)14-29-18-7-3-5-15-4-1-2-6-17(15)18/h1-7,12,16,28H,8-11,13-14H2,(H4,22,23,24,25). The summed E-state index contributed by atoms with van der Waals surface area (Å²) in [6, 6.07) is 15.8. The molecule has 1 atom stereocenters. The van der Waals surface area contributed by atoms with Gasteiger partial charge in [-0.3, -0.25) is 4.90 Å². The lowest BCUT2D eigenvalue weighted by Crippen LogP contribution is -2.49. The molecule has 0 radical (unpaired) electrons. The first kappa shape index (κ1) is 19.2. The average molecular weight is 394 g/mol. The van der Waals surface area contributed by atoms with Crippen LogP contribution in [0.2, 0.25) is 0 Å². The zero-order valence-corrected chi connectivity index (χ0v) is 16.2. The molecule has 1 aliphatic heterocycles. The maximum absolute atomic E-state index is 10.5. The highest BCUT2D eigenvalue weighted by molar-refractivity contribution is 5.88. The van der Waals surface area contributed by atoms with Crippen LogP contribution < -0.4 is 21.1 Å². The van der Waals surface area contributed by atoms with E-state index in [1.165, 1.54) is 0 Å². The number of aliphatic hydroxyl groups excluding tert-OH is 1. The number of rotatable bonds is 6. The van der Waals surface area contributed by atoms with Gasteiger partial charge >= 0.3 is 0 Å². The molecule has 4 rings (SSSR count). The van der Waals surface area contributed by atoms with Gasteiger partial charge in [0.2, 0.25) is 5.95 Å². The molecule has 0 aliphatic carbocycles. The van der Waals surface area contributed by atoms with E-state index in [-0.39, 0.29) is 12.6 Å². The average Bonchev–Trinajstić information content (AvgIpc) is 2.72. The van der Waals surface area contributed by atoms with Gasteiger partial charge in [0.1, 0.15) is 30.1 Å². The zero-order chi connectivity index (χ0) is 20.2. The van der Waals surface area contributed by atoms with Crippen molar-refractivity contribution in [2.45, 2.75) is 6.10 Å². The first-order valence-corrected chi connectivity index (χ1v) is 9.74. The quantitative estimate of drug-likeness (QED) is 0.574. The van der Waals surface area contributed by atoms with Crippen LogP contribution >= 0.6 is 0 Å². The van der Waals surface area contributed by atoms with Crippen LogP contribution in [0.25, 0.3) is 10.8 Å². The Bertz CT molecular complexity index is 949. The lowest BCUT2D eigenvalue weighted by molar-refractivity contribution is 0.0668. The van der Waals surface area contributed by atoms with Crippen LogP contribution in [0.5, 0.6) is 5.75 Å². The highest BCUT2D eigenvalue weighted by atomic mass is 16.5. The Kier molecular flexibility index (Phi) is 5.64. The number of hydrogen-bond acceptors (Lipinski definition) is 8. The summed E-state index contributed by atoms with van der Waals surface area (Å²) in [6.45, 7) is 4.02. The molecule has 0 saturated carbocycles. The number of aromatic nitrogens is 2. The van der Waals surface area contributed by atoms with Gasteiger partial charge in [-0.25, -0.2) is 0 Å². The zero-order valence-electron chi connectivity index (χ0n) is 16.2. The van der Waals surface area contributed by atoms with Crippen LogP contribution in [-0.4, -0.2) is 65.4 Å². The summed E-state index contributed by atoms with van der Waals surface area (Å²) in [5.74, 6) is 2.10. The number of nitrogens with two attached hydrogens (primary N) is 2. The fraction of sp³-hybridized carbons (Fsp3) is 0.333. The Morgan fingerprint density at radius 2 is 1.76 bits per heavy atom. The molecule has 1 aromatic heterocycles. The molecular formula is C21H26N6O2. The summed E-state index contributed by atoms with van der Waals surface area (Å²) in [5.41, 5.74) is 11.4. The summed E-state index contributed by atoms with van der Waals surface area (Å²) in [5, 5.41) is 12.6. The van der Waals surface area contributed by atoms with Gasteiger partial charge in [0.25, 0.3) is 0 Å². The fourth-order valence-electron chi connectivity index (χ4n) is 3.65. The Balaban J connectivity index is 1.28. The van der Waals surface area contributed by atoms with Gasteiger partial charge in [0, 0.05) is 44.2 Å². The second-order valence-corrected chi connectivity index (χ2v) is 7.24. The summed E-state index contributed by atoms with van der Waals surface area (Å²) in [4.78, 5) is 12.5. The predicted molar refractivity (Wildman–Crippen MR) is 115 cm³/mol. The molecule has 1 fully saturated rings. The summed E-state index contributed by atoms with van der Waals surface area (Å²) < 4.78 is 5.91. The number of anilines is 3. The first-order valence-electron chi connectivity index (χ1n) is 9.74. The van der Waals surface area contributed by atoms with Crippen LogP contribution in [0.3, 0.4) is 0 Å². The van der Waals surface area contributed by atoms with Gasteiger partial charge < -0.3 is 26.2 Å². The molecule has 3 aromatic rings. The van der Waals surface area contributed by atoms with E-state index in [0.717, 1.165) is 48.5 Å². The van der Waals surface area contributed by atoms with Gasteiger partial charge in [-0.2, -0.15) is 9.97 Å². The van der Waals surface area contributed by atoms with E-state index in [0.29, 0.717) is 12.4 Å². The molecule has 0 spiro atoms. The lowest BCUT2D eigenvalue weighted by atomic mass is 10.1. The minimum absolute atomic E-state index is 0.184. The van der Waals surface area contributed by atoms with Crippen molar-refractivity contribution < 1.29 is 9.84 Å². The van der Waals surface area contributed by atoms with Crippen molar-refractivity contribution in [3.05, 3.63) is 48.5 Å². The smallest absolute Gasteiger partial charge is 0.223 e. The van der Waals surface area contributed by atoms with Crippen LogP contribution in [0.4, 0.5) is 17.6 Å².